The number of tetrazole rings is 1. The van der Waals surface area contributed by atoms with Crippen LogP contribution in [-0.2, 0) is 11.3 Å². The Kier molecular flexibility index (Phi) is 3.32. The second kappa shape index (κ2) is 5.08. The lowest BCUT2D eigenvalue weighted by molar-refractivity contribution is -0.383. The SMILES string of the molecule is Nc1nnnn1CC(=O)Nc1ccccc1[N+](=O)[O-]. The van der Waals surface area contributed by atoms with E-state index in [0.717, 1.165) is 4.68 Å². The lowest BCUT2D eigenvalue weighted by atomic mass is 10.2. The highest BCUT2D eigenvalue weighted by Gasteiger charge is 2.15. The summed E-state index contributed by atoms with van der Waals surface area (Å²) in [7, 11) is 0. The summed E-state index contributed by atoms with van der Waals surface area (Å²) in [4.78, 5) is 21.9. The van der Waals surface area contributed by atoms with E-state index in [1.54, 1.807) is 6.07 Å². The van der Waals surface area contributed by atoms with Gasteiger partial charge in [-0.05, 0) is 16.5 Å². The monoisotopic (exact) mass is 263 g/mol. The fraction of sp³-hybridized carbons (Fsp3) is 0.111. The van der Waals surface area contributed by atoms with Crippen LogP contribution in [0.3, 0.4) is 0 Å². The molecule has 0 radical (unpaired) electrons. The average molecular weight is 263 g/mol. The summed E-state index contributed by atoms with van der Waals surface area (Å²) in [5.74, 6) is -0.536. The topological polar surface area (TPSA) is 142 Å². The molecule has 0 saturated heterocycles. The number of aromatic nitrogens is 4. The number of benzene rings is 1. The van der Waals surface area contributed by atoms with Gasteiger partial charge in [0.25, 0.3) is 5.69 Å². The van der Waals surface area contributed by atoms with Gasteiger partial charge in [0.05, 0.1) is 4.92 Å². The Bertz CT molecular complexity index is 624. The number of nitrogens with zero attached hydrogens (tertiary/aromatic N) is 5. The van der Waals surface area contributed by atoms with Crippen molar-refractivity contribution in [2.75, 3.05) is 11.1 Å². The number of nitrogen functional groups attached to an aromatic ring is 1. The zero-order valence-electron chi connectivity index (χ0n) is 9.55. The highest BCUT2D eigenvalue weighted by molar-refractivity contribution is 5.92. The van der Waals surface area contributed by atoms with Crippen LogP contribution in [0, 0.1) is 10.1 Å². The first-order chi connectivity index (χ1) is 9.08. The van der Waals surface area contributed by atoms with Gasteiger partial charge in [-0.3, -0.25) is 14.9 Å². The predicted octanol–water partition coefficient (Wildman–Crippen LogP) is -0.198. The third-order valence-corrected chi connectivity index (χ3v) is 2.23. The summed E-state index contributed by atoms with van der Waals surface area (Å²) in [6, 6.07) is 5.81. The van der Waals surface area contributed by atoms with Gasteiger partial charge in [-0.2, -0.15) is 0 Å². The summed E-state index contributed by atoms with van der Waals surface area (Å²) >= 11 is 0. The van der Waals surface area contributed by atoms with Crippen molar-refractivity contribution in [2.45, 2.75) is 6.54 Å². The molecule has 0 spiro atoms. The van der Waals surface area contributed by atoms with Crippen molar-refractivity contribution in [1.29, 1.82) is 0 Å². The maximum absolute atomic E-state index is 11.7. The number of rotatable bonds is 4. The molecule has 10 nitrogen and oxygen atoms in total. The van der Waals surface area contributed by atoms with E-state index >= 15 is 0 Å². The van der Waals surface area contributed by atoms with E-state index in [2.05, 4.69) is 20.8 Å². The van der Waals surface area contributed by atoms with Crippen molar-refractivity contribution in [2.24, 2.45) is 0 Å². The molecule has 1 aromatic heterocycles. The summed E-state index contributed by atoms with van der Waals surface area (Å²) in [5, 5.41) is 23.4. The number of carbonyl (C=O) groups excluding carboxylic acids is 1. The van der Waals surface area contributed by atoms with Crippen LogP contribution >= 0.6 is 0 Å². The molecular formula is C9H9N7O3. The normalized spacial score (nSPS) is 10.1. The predicted molar refractivity (Wildman–Crippen MR) is 64.0 cm³/mol. The molecule has 0 bridgehead atoms. The van der Waals surface area contributed by atoms with Crippen molar-refractivity contribution < 1.29 is 9.72 Å². The number of nitrogens with one attached hydrogen (secondary N) is 1. The van der Waals surface area contributed by atoms with Crippen LogP contribution in [0.25, 0.3) is 0 Å². The second-order valence-corrected chi connectivity index (χ2v) is 3.52. The first-order valence-corrected chi connectivity index (χ1v) is 5.13. The van der Waals surface area contributed by atoms with Crippen molar-refractivity contribution >= 4 is 23.2 Å². The van der Waals surface area contributed by atoms with Gasteiger partial charge in [0.1, 0.15) is 12.2 Å². The minimum Gasteiger partial charge on any atom is -0.367 e. The third-order valence-electron chi connectivity index (χ3n) is 2.23. The largest absolute Gasteiger partial charge is 0.367 e. The van der Waals surface area contributed by atoms with Gasteiger partial charge >= 0.3 is 0 Å². The van der Waals surface area contributed by atoms with Crippen molar-refractivity contribution in [1.82, 2.24) is 20.2 Å². The van der Waals surface area contributed by atoms with Crippen LogP contribution in [0.5, 0.6) is 0 Å². The zero-order valence-corrected chi connectivity index (χ0v) is 9.55. The van der Waals surface area contributed by atoms with Crippen LogP contribution in [0.15, 0.2) is 24.3 Å². The molecule has 0 fully saturated rings. The van der Waals surface area contributed by atoms with E-state index in [4.69, 9.17) is 5.73 Å². The standard InChI is InChI=1S/C9H9N7O3/c10-9-12-13-14-15(9)5-8(17)11-6-3-1-2-4-7(6)16(18)19/h1-4H,5H2,(H,11,17)(H2,10,12,14). The zero-order chi connectivity index (χ0) is 13.8. The van der Waals surface area contributed by atoms with E-state index < -0.39 is 10.8 Å². The van der Waals surface area contributed by atoms with E-state index in [1.807, 2.05) is 0 Å². The Morgan fingerprint density at radius 1 is 1.47 bits per heavy atom. The Hall–Kier alpha value is -3.04. The minimum atomic E-state index is -0.582. The molecule has 2 rings (SSSR count). The molecule has 0 aliphatic heterocycles. The maximum atomic E-state index is 11.7. The molecule has 0 aliphatic carbocycles. The lowest BCUT2D eigenvalue weighted by Gasteiger charge is -2.05. The molecule has 98 valence electrons. The molecule has 1 heterocycles. The van der Waals surface area contributed by atoms with E-state index in [-0.39, 0.29) is 23.9 Å². The molecule has 2 aromatic rings. The number of para-hydroxylation sites is 2. The van der Waals surface area contributed by atoms with Crippen molar-refractivity contribution in [3.63, 3.8) is 0 Å². The quantitative estimate of drug-likeness (QED) is 0.574. The summed E-state index contributed by atoms with van der Waals surface area (Å²) in [6.07, 6.45) is 0. The van der Waals surface area contributed by atoms with Crippen molar-refractivity contribution in [3.05, 3.63) is 34.4 Å². The average Bonchev–Trinajstić information content (AvgIpc) is 2.75. The number of hydrogen-bond donors (Lipinski definition) is 2. The number of nitrogens with two attached hydrogens (primary N) is 1. The smallest absolute Gasteiger partial charge is 0.292 e. The molecular weight excluding hydrogens is 254 g/mol. The van der Waals surface area contributed by atoms with Gasteiger partial charge in [0.15, 0.2) is 0 Å². The van der Waals surface area contributed by atoms with Crippen LogP contribution in [0.4, 0.5) is 17.3 Å². The molecule has 3 N–H and O–H groups in total. The molecule has 0 unspecified atom stereocenters. The number of carbonyl (C=O) groups is 1. The molecule has 0 aliphatic rings. The van der Waals surface area contributed by atoms with Crippen molar-refractivity contribution in [3.8, 4) is 0 Å². The number of nitro groups is 1. The fourth-order valence-electron chi connectivity index (χ4n) is 1.39. The molecule has 0 atom stereocenters. The van der Waals surface area contributed by atoms with Gasteiger partial charge in [0.2, 0.25) is 11.9 Å². The summed E-state index contributed by atoms with van der Waals surface area (Å²) in [6.45, 7) is -0.231. The summed E-state index contributed by atoms with van der Waals surface area (Å²) < 4.78 is 1.07. The van der Waals surface area contributed by atoms with Gasteiger partial charge < -0.3 is 11.1 Å². The second-order valence-electron chi connectivity index (χ2n) is 3.52. The third kappa shape index (κ3) is 2.80. The molecule has 1 aromatic carbocycles. The van der Waals surface area contributed by atoms with Crippen LogP contribution in [-0.4, -0.2) is 31.0 Å². The Morgan fingerprint density at radius 3 is 2.84 bits per heavy atom. The maximum Gasteiger partial charge on any atom is 0.292 e. The first-order valence-electron chi connectivity index (χ1n) is 5.13. The fourth-order valence-corrected chi connectivity index (χ4v) is 1.39. The van der Waals surface area contributed by atoms with Gasteiger partial charge in [0, 0.05) is 6.07 Å². The number of hydrogen-bond acceptors (Lipinski definition) is 7. The number of nitro benzene ring substituents is 1. The van der Waals surface area contributed by atoms with E-state index in [1.165, 1.54) is 18.2 Å². The Morgan fingerprint density at radius 2 is 2.21 bits per heavy atom. The highest BCUT2D eigenvalue weighted by atomic mass is 16.6. The lowest BCUT2D eigenvalue weighted by Crippen LogP contribution is -2.21. The van der Waals surface area contributed by atoms with Crippen LogP contribution in [0.1, 0.15) is 0 Å². The van der Waals surface area contributed by atoms with Gasteiger partial charge in [-0.15, -0.1) is 0 Å². The Labute approximate surface area is 106 Å². The molecule has 19 heavy (non-hydrogen) atoms. The number of amides is 1. The highest BCUT2D eigenvalue weighted by Crippen LogP contribution is 2.22. The molecule has 10 heteroatoms. The molecule has 1 amide bonds. The van der Waals surface area contributed by atoms with Gasteiger partial charge in [-0.25, -0.2) is 4.68 Å². The first kappa shape index (κ1) is 12.4. The van der Waals surface area contributed by atoms with Gasteiger partial charge in [-0.1, -0.05) is 17.2 Å². The minimum absolute atomic E-state index is 0.0160. The summed E-state index contributed by atoms with van der Waals surface area (Å²) in [5.41, 5.74) is 5.31. The Balaban J connectivity index is 2.11. The number of anilines is 2. The van der Waals surface area contributed by atoms with E-state index in [0.29, 0.717) is 0 Å². The van der Waals surface area contributed by atoms with E-state index in [9.17, 15) is 14.9 Å². The van der Waals surface area contributed by atoms with Crippen LogP contribution < -0.4 is 11.1 Å². The van der Waals surface area contributed by atoms with Crippen LogP contribution in [0.2, 0.25) is 0 Å². The molecule has 0 saturated carbocycles.